The van der Waals surface area contributed by atoms with E-state index in [1.807, 2.05) is 0 Å². The molecular weight excluding hydrogens is 196 g/mol. The van der Waals surface area contributed by atoms with Crippen LogP contribution in [0.2, 0.25) is 0 Å². The van der Waals surface area contributed by atoms with Crippen LogP contribution in [0.1, 0.15) is 27.2 Å². The lowest BCUT2D eigenvalue weighted by Crippen LogP contribution is -2.23. The number of carbonyl (C=O) groups excluding carboxylic acids is 2. The Kier molecular flexibility index (Phi) is 6.09. The highest BCUT2D eigenvalue weighted by molar-refractivity contribution is 5.88. The smallest absolute Gasteiger partial charge is 0.336 e. The standard InChI is InChI=1S/C11H16O4/c1-5-8(4)11(13)15-10(7-3)14-9(12)6-2/h5-6,10H,2,7H2,1,3-4H3. The first-order chi connectivity index (χ1) is 7.04. The Balaban J connectivity index is 4.27. The number of rotatable bonds is 5. The van der Waals surface area contributed by atoms with Crippen LogP contribution >= 0.6 is 0 Å². The van der Waals surface area contributed by atoms with Gasteiger partial charge in [0.25, 0.3) is 0 Å². The van der Waals surface area contributed by atoms with E-state index in [0.29, 0.717) is 12.0 Å². The number of hydrogen-bond donors (Lipinski definition) is 0. The largest absolute Gasteiger partial charge is 0.422 e. The second kappa shape index (κ2) is 6.81. The lowest BCUT2D eigenvalue weighted by Gasteiger charge is -2.15. The zero-order chi connectivity index (χ0) is 11.8. The molecule has 0 amide bonds. The fourth-order valence-corrected chi connectivity index (χ4v) is 0.699. The molecule has 0 rings (SSSR count). The second-order valence-electron chi connectivity index (χ2n) is 2.86. The average molecular weight is 212 g/mol. The van der Waals surface area contributed by atoms with Crippen LogP contribution in [0.3, 0.4) is 0 Å². The normalized spacial score (nSPS) is 12.9. The maximum atomic E-state index is 11.3. The number of carbonyl (C=O) groups is 2. The molecule has 84 valence electrons. The molecule has 15 heavy (non-hydrogen) atoms. The lowest BCUT2D eigenvalue weighted by atomic mass is 10.3. The lowest BCUT2D eigenvalue weighted by molar-refractivity contribution is -0.181. The third kappa shape index (κ3) is 5.00. The van der Waals surface area contributed by atoms with E-state index in [0.717, 1.165) is 6.08 Å². The number of hydrogen-bond acceptors (Lipinski definition) is 4. The molecule has 0 heterocycles. The van der Waals surface area contributed by atoms with Gasteiger partial charge in [-0.1, -0.05) is 19.6 Å². The molecule has 0 aromatic rings. The number of allylic oxidation sites excluding steroid dienone is 1. The van der Waals surface area contributed by atoms with E-state index in [1.165, 1.54) is 0 Å². The fourth-order valence-electron chi connectivity index (χ4n) is 0.699. The van der Waals surface area contributed by atoms with Gasteiger partial charge in [0.15, 0.2) is 0 Å². The predicted octanol–water partition coefficient (Wildman–Crippen LogP) is 1.96. The van der Waals surface area contributed by atoms with Crippen LogP contribution in [0.25, 0.3) is 0 Å². The van der Waals surface area contributed by atoms with Crippen molar-refractivity contribution in [1.82, 2.24) is 0 Å². The summed E-state index contributed by atoms with van der Waals surface area (Å²) in [5.74, 6) is -1.09. The molecule has 0 N–H and O–H groups in total. The number of esters is 2. The van der Waals surface area contributed by atoms with Gasteiger partial charge in [-0.2, -0.15) is 0 Å². The first-order valence-corrected chi connectivity index (χ1v) is 4.72. The third-order valence-corrected chi connectivity index (χ3v) is 1.74. The molecule has 0 saturated carbocycles. The summed E-state index contributed by atoms with van der Waals surface area (Å²) in [7, 11) is 0. The fraction of sp³-hybridized carbons (Fsp3) is 0.455. The van der Waals surface area contributed by atoms with Gasteiger partial charge in [0.05, 0.1) is 0 Å². The van der Waals surface area contributed by atoms with Crippen LogP contribution in [0.5, 0.6) is 0 Å². The molecule has 0 bridgehead atoms. The van der Waals surface area contributed by atoms with Gasteiger partial charge in [-0.15, -0.1) is 0 Å². The highest BCUT2D eigenvalue weighted by atomic mass is 16.7. The maximum Gasteiger partial charge on any atom is 0.336 e. The Labute approximate surface area is 89.6 Å². The van der Waals surface area contributed by atoms with Crippen LogP contribution in [0, 0.1) is 0 Å². The van der Waals surface area contributed by atoms with Gasteiger partial charge in [0.1, 0.15) is 0 Å². The molecule has 4 heteroatoms. The molecule has 0 fully saturated rings. The molecule has 0 aliphatic heterocycles. The Morgan fingerprint density at radius 3 is 2.40 bits per heavy atom. The zero-order valence-corrected chi connectivity index (χ0v) is 9.28. The summed E-state index contributed by atoms with van der Waals surface area (Å²) < 4.78 is 9.71. The molecular formula is C11H16O4. The summed E-state index contributed by atoms with van der Waals surface area (Å²) in [5.41, 5.74) is 0.475. The molecule has 1 atom stereocenters. The first kappa shape index (κ1) is 13.4. The molecule has 0 aliphatic carbocycles. The van der Waals surface area contributed by atoms with Gasteiger partial charge in [-0.3, -0.25) is 0 Å². The molecule has 0 spiro atoms. The first-order valence-electron chi connectivity index (χ1n) is 4.72. The van der Waals surface area contributed by atoms with Crippen molar-refractivity contribution in [2.45, 2.75) is 33.5 Å². The van der Waals surface area contributed by atoms with Crippen molar-refractivity contribution in [1.29, 1.82) is 0 Å². The summed E-state index contributed by atoms with van der Waals surface area (Å²) >= 11 is 0. The predicted molar refractivity (Wildman–Crippen MR) is 55.9 cm³/mol. The Bertz CT molecular complexity index is 278. The minimum atomic E-state index is -0.849. The van der Waals surface area contributed by atoms with Crippen molar-refractivity contribution in [2.75, 3.05) is 0 Å². The van der Waals surface area contributed by atoms with E-state index in [9.17, 15) is 9.59 Å². The van der Waals surface area contributed by atoms with Crippen LogP contribution in [0.4, 0.5) is 0 Å². The van der Waals surface area contributed by atoms with Crippen LogP contribution in [0.15, 0.2) is 24.3 Å². The van der Waals surface area contributed by atoms with Crippen molar-refractivity contribution in [3.05, 3.63) is 24.3 Å². The van der Waals surface area contributed by atoms with Gasteiger partial charge < -0.3 is 9.47 Å². The summed E-state index contributed by atoms with van der Waals surface area (Å²) in [6.45, 7) is 8.36. The second-order valence-corrected chi connectivity index (χ2v) is 2.86. The third-order valence-electron chi connectivity index (χ3n) is 1.74. The maximum absolute atomic E-state index is 11.3. The van der Waals surface area contributed by atoms with E-state index >= 15 is 0 Å². The Morgan fingerprint density at radius 2 is 2.00 bits per heavy atom. The van der Waals surface area contributed by atoms with Gasteiger partial charge in [0, 0.05) is 18.1 Å². The minimum Gasteiger partial charge on any atom is -0.422 e. The molecule has 0 aromatic carbocycles. The summed E-state index contributed by atoms with van der Waals surface area (Å²) in [5, 5.41) is 0. The van der Waals surface area contributed by atoms with E-state index in [-0.39, 0.29) is 0 Å². The Hall–Kier alpha value is -1.58. The van der Waals surface area contributed by atoms with E-state index in [2.05, 4.69) is 6.58 Å². The average Bonchev–Trinajstić information content (AvgIpc) is 2.26. The van der Waals surface area contributed by atoms with Crippen LogP contribution in [-0.2, 0) is 19.1 Å². The van der Waals surface area contributed by atoms with Crippen molar-refractivity contribution in [2.24, 2.45) is 0 Å². The van der Waals surface area contributed by atoms with Crippen LogP contribution in [-0.4, -0.2) is 18.2 Å². The molecule has 1 unspecified atom stereocenters. The number of ether oxygens (including phenoxy) is 2. The van der Waals surface area contributed by atoms with E-state index < -0.39 is 18.2 Å². The summed E-state index contributed by atoms with van der Waals surface area (Å²) in [6, 6.07) is 0. The SMILES string of the molecule is C=CC(=O)OC(CC)OC(=O)C(C)=CC. The zero-order valence-electron chi connectivity index (χ0n) is 9.28. The molecule has 4 nitrogen and oxygen atoms in total. The molecule has 0 radical (unpaired) electrons. The van der Waals surface area contributed by atoms with Crippen molar-refractivity contribution < 1.29 is 19.1 Å². The van der Waals surface area contributed by atoms with Gasteiger partial charge >= 0.3 is 11.9 Å². The van der Waals surface area contributed by atoms with E-state index in [4.69, 9.17) is 9.47 Å². The summed E-state index contributed by atoms with van der Waals surface area (Å²) in [6.07, 6.45) is 2.21. The van der Waals surface area contributed by atoms with Gasteiger partial charge in [0.2, 0.25) is 6.29 Å². The van der Waals surface area contributed by atoms with E-state index in [1.54, 1.807) is 26.8 Å². The molecule has 0 aromatic heterocycles. The molecule has 0 aliphatic rings. The highest BCUT2D eigenvalue weighted by Crippen LogP contribution is 2.05. The topological polar surface area (TPSA) is 52.6 Å². The van der Waals surface area contributed by atoms with Gasteiger partial charge in [-0.25, -0.2) is 9.59 Å². The van der Waals surface area contributed by atoms with Crippen LogP contribution < -0.4 is 0 Å². The summed E-state index contributed by atoms with van der Waals surface area (Å²) in [4.78, 5) is 22.2. The molecule has 0 saturated heterocycles. The van der Waals surface area contributed by atoms with Crippen molar-refractivity contribution >= 4 is 11.9 Å². The van der Waals surface area contributed by atoms with Crippen molar-refractivity contribution in [3.63, 3.8) is 0 Å². The van der Waals surface area contributed by atoms with Gasteiger partial charge in [-0.05, 0) is 13.8 Å². The van der Waals surface area contributed by atoms with Crippen molar-refractivity contribution in [3.8, 4) is 0 Å². The minimum absolute atomic E-state index is 0.405. The Morgan fingerprint density at radius 1 is 1.40 bits per heavy atom. The highest BCUT2D eigenvalue weighted by Gasteiger charge is 2.16. The quantitative estimate of drug-likeness (QED) is 0.397. The monoisotopic (exact) mass is 212 g/mol.